The van der Waals surface area contributed by atoms with Gasteiger partial charge in [-0.25, -0.2) is 0 Å². The molecule has 8 heteroatoms. The second kappa shape index (κ2) is 12.1. The molecule has 1 atom stereocenters. The molecule has 0 radical (unpaired) electrons. The molecule has 1 saturated heterocycles. The first-order valence-electron chi connectivity index (χ1n) is 9.24. The Morgan fingerprint density at radius 1 is 1.33 bits per heavy atom. The van der Waals surface area contributed by atoms with Crippen molar-refractivity contribution < 1.29 is 14.3 Å². The van der Waals surface area contributed by atoms with E-state index in [4.69, 9.17) is 16.3 Å². The lowest BCUT2D eigenvalue weighted by Crippen LogP contribution is -2.34. The summed E-state index contributed by atoms with van der Waals surface area (Å²) in [6.07, 6.45) is 2.53. The molecule has 27 heavy (non-hydrogen) atoms. The average Bonchev–Trinajstić information content (AvgIpc) is 3.14. The van der Waals surface area contributed by atoms with Crippen molar-refractivity contribution in [1.29, 1.82) is 0 Å². The normalized spacial score (nSPS) is 15.7. The summed E-state index contributed by atoms with van der Waals surface area (Å²) in [5.74, 6) is 0.925. The van der Waals surface area contributed by atoms with Gasteiger partial charge in [-0.3, -0.25) is 9.59 Å². The second-order valence-corrected chi connectivity index (χ2v) is 6.85. The van der Waals surface area contributed by atoms with Crippen molar-refractivity contribution in [3.63, 3.8) is 0 Å². The zero-order valence-corrected chi connectivity index (χ0v) is 17.5. The van der Waals surface area contributed by atoms with Gasteiger partial charge in [0, 0.05) is 25.2 Å². The van der Waals surface area contributed by atoms with Crippen LogP contribution >= 0.6 is 24.0 Å². The van der Waals surface area contributed by atoms with E-state index in [0.29, 0.717) is 41.9 Å². The number of ether oxygens (including phenoxy) is 1. The minimum Gasteiger partial charge on any atom is -0.482 e. The summed E-state index contributed by atoms with van der Waals surface area (Å²) in [4.78, 5) is 25.7. The molecule has 1 unspecified atom stereocenters. The molecular weight excluding hydrogens is 389 g/mol. The molecule has 0 aliphatic carbocycles. The highest BCUT2D eigenvalue weighted by atomic mass is 35.5. The van der Waals surface area contributed by atoms with Crippen molar-refractivity contribution in [2.24, 2.45) is 5.92 Å². The minimum atomic E-state index is -0.0788. The second-order valence-electron chi connectivity index (χ2n) is 6.45. The molecule has 1 aromatic carbocycles. The Morgan fingerprint density at radius 2 is 2.07 bits per heavy atom. The number of likely N-dealkylation sites (N-methyl/N-ethyl adjacent to an activating group) is 1. The maximum absolute atomic E-state index is 12.1. The number of hydrogen-bond donors (Lipinski definition) is 2. The van der Waals surface area contributed by atoms with E-state index in [9.17, 15) is 9.59 Å². The number of carbonyl (C=O) groups is 2. The number of nitrogens with one attached hydrogen (secondary N) is 2. The predicted molar refractivity (Wildman–Crippen MR) is 111 cm³/mol. The predicted octanol–water partition coefficient (Wildman–Crippen LogP) is 3.34. The van der Waals surface area contributed by atoms with Crippen molar-refractivity contribution in [1.82, 2.24) is 10.2 Å². The molecule has 1 heterocycles. The van der Waals surface area contributed by atoms with E-state index in [-0.39, 0.29) is 30.8 Å². The average molecular weight is 418 g/mol. The Balaban J connectivity index is 0.00000364. The van der Waals surface area contributed by atoms with E-state index in [0.717, 1.165) is 25.9 Å². The van der Waals surface area contributed by atoms with Gasteiger partial charge >= 0.3 is 0 Å². The Labute approximate surface area is 172 Å². The fraction of sp³-hybridized carbons (Fsp3) is 0.579. The lowest BCUT2D eigenvalue weighted by Gasteiger charge is -2.19. The Morgan fingerprint density at radius 3 is 2.67 bits per heavy atom. The number of benzene rings is 1. The summed E-state index contributed by atoms with van der Waals surface area (Å²) in [6, 6.07) is 5.06. The quantitative estimate of drug-likeness (QED) is 0.646. The van der Waals surface area contributed by atoms with Crippen LogP contribution in [0.3, 0.4) is 0 Å². The molecular formula is C19H29Cl2N3O3. The van der Waals surface area contributed by atoms with Gasteiger partial charge in [-0.05, 0) is 63.9 Å². The Kier molecular flexibility index (Phi) is 10.5. The molecule has 2 rings (SSSR count). The minimum absolute atomic E-state index is 0. The van der Waals surface area contributed by atoms with Crippen LogP contribution in [0, 0.1) is 5.92 Å². The molecule has 1 aromatic rings. The van der Waals surface area contributed by atoms with Gasteiger partial charge < -0.3 is 20.3 Å². The molecule has 1 aliphatic heterocycles. The van der Waals surface area contributed by atoms with Crippen molar-refractivity contribution >= 4 is 41.5 Å². The topological polar surface area (TPSA) is 70.7 Å². The summed E-state index contributed by atoms with van der Waals surface area (Å²) < 4.78 is 5.52. The highest BCUT2D eigenvalue weighted by molar-refractivity contribution is 6.32. The zero-order valence-electron chi connectivity index (χ0n) is 15.9. The summed E-state index contributed by atoms with van der Waals surface area (Å²) >= 11 is 6.21. The number of hydrogen-bond acceptors (Lipinski definition) is 4. The van der Waals surface area contributed by atoms with Gasteiger partial charge in [-0.2, -0.15) is 0 Å². The molecule has 2 N–H and O–H groups in total. The van der Waals surface area contributed by atoms with Gasteiger partial charge in [0.2, 0.25) is 5.91 Å². The van der Waals surface area contributed by atoms with Crippen molar-refractivity contribution in [2.45, 2.75) is 33.1 Å². The fourth-order valence-electron chi connectivity index (χ4n) is 3.02. The van der Waals surface area contributed by atoms with Gasteiger partial charge in [-0.1, -0.05) is 11.6 Å². The van der Waals surface area contributed by atoms with Gasteiger partial charge in [0.25, 0.3) is 5.91 Å². The lowest BCUT2D eigenvalue weighted by atomic mass is 10.0. The third-order valence-corrected chi connectivity index (χ3v) is 4.92. The first-order chi connectivity index (χ1) is 12.5. The fourth-order valence-corrected chi connectivity index (χ4v) is 3.26. The Hall–Kier alpha value is -1.50. The smallest absolute Gasteiger partial charge is 0.260 e. The van der Waals surface area contributed by atoms with Crippen molar-refractivity contribution in [3.05, 3.63) is 23.2 Å². The van der Waals surface area contributed by atoms with E-state index < -0.39 is 0 Å². The number of halogens is 2. The molecule has 1 fully saturated rings. The summed E-state index contributed by atoms with van der Waals surface area (Å²) in [5.41, 5.74) is 0.631. The van der Waals surface area contributed by atoms with E-state index in [1.54, 1.807) is 23.1 Å². The number of nitrogens with zero attached hydrogens (tertiary/aromatic N) is 1. The maximum Gasteiger partial charge on any atom is 0.260 e. The van der Waals surface area contributed by atoms with E-state index in [2.05, 4.69) is 10.6 Å². The van der Waals surface area contributed by atoms with Crippen LogP contribution in [0.1, 0.15) is 33.1 Å². The van der Waals surface area contributed by atoms with Crippen LogP contribution in [0.5, 0.6) is 5.75 Å². The first kappa shape index (κ1) is 23.5. The van der Waals surface area contributed by atoms with Crippen LogP contribution in [0.15, 0.2) is 18.2 Å². The molecule has 1 aliphatic rings. The number of anilines is 1. The maximum atomic E-state index is 12.1. The van der Waals surface area contributed by atoms with Gasteiger partial charge in [0.05, 0.1) is 5.02 Å². The molecule has 6 nitrogen and oxygen atoms in total. The highest BCUT2D eigenvalue weighted by Crippen LogP contribution is 2.28. The number of amides is 2. The number of rotatable bonds is 9. The van der Waals surface area contributed by atoms with Crippen LogP contribution in [0.25, 0.3) is 0 Å². The van der Waals surface area contributed by atoms with Gasteiger partial charge in [-0.15, -0.1) is 12.4 Å². The summed E-state index contributed by atoms with van der Waals surface area (Å²) in [6.45, 7) is 7.13. The molecule has 0 spiro atoms. The van der Waals surface area contributed by atoms with E-state index in [1.807, 2.05) is 13.8 Å². The van der Waals surface area contributed by atoms with Crippen LogP contribution in [-0.4, -0.2) is 49.5 Å². The Bertz CT molecular complexity index is 618. The highest BCUT2D eigenvalue weighted by Gasteiger charge is 2.16. The van der Waals surface area contributed by atoms with Crippen LogP contribution in [0.2, 0.25) is 5.02 Å². The molecule has 152 valence electrons. The van der Waals surface area contributed by atoms with E-state index >= 15 is 0 Å². The van der Waals surface area contributed by atoms with E-state index in [1.165, 1.54) is 0 Å². The summed E-state index contributed by atoms with van der Waals surface area (Å²) in [5, 5.41) is 6.53. The van der Waals surface area contributed by atoms with Gasteiger partial charge in [0.1, 0.15) is 5.75 Å². The molecule has 0 bridgehead atoms. The third kappa shape index (κ3) is 7.56. The van der Waals surface area contributed by atoms with Crippen molar-refractivity contribution in [3.8, 4) is 5.75 Å². The SMILES string of the molecule is CCN(CC)C(=O)COc1ccc(NC(=O)CCC2CCNC2)cc1Cl.Cl. The lowest BCUT2D eigenvalue weighted by molar-refractivity contribution is -0.133. The van der Waals surface area contributed by atoms with Crippen LogP contribution in [0.4, 0.5) is 5.69 Å². The van der Waals surface area contributed by atoms with Crippen LogP contribution in [-0.2, 0) is 9.59 Å². The van der Waals surface area contributed by atoms with Gasteiger partial charge in [0.15, 0.2) is 6.61 Å². The molecule has 0 aromatic heterocycles. The van der Waals surface area contributed by atoms with Crippen LogP contribution < -0.4 is 15.4 Å². The monoisotopic (exact) mass is 417 g/mol. The largest absolute Gasteiger partial charge is 0.482 e. The standard InChI is InChI=1S/C19H28ClN3O3.ClH/c1-3-23(4-2)19(25)13-26-17-7-6-15(11-16(17)20)22-18(24)8-5-14-9-10-21-12-14;/h6-7,11,14,21H,3-5,8-10,12-13H2,1-2H3,(H,22,24);1H. The summed E-state index contributed by atoms with van der Waals surface area (Å²) in [7, 11) is 0. The molecule has 2 amide bonds. The molecule has 0 saturated carbocycles. The zero-order chi connectivity index (χ0) is 18.9. The first-order valence-corrected chi connectivity index (χ1v) is 9.62. The number of carbonyl (C=O) groups excluding carboxylic acids is 2. The third-order valence-electron chi connectivity index (χ3n) is 4.62. The van der Waals surface area contributed by atoms with Crippen molar-refractivity contribution in [2.75, 3.05) is 38.1 Å².